The Morgan fingerprint density at radius 2 is 1.95 bits per heavy atom. The molecule has 0 fully saturated rings. The Kier molecular flexibility index (Phi) is 4.40. The van der Waals surface area contributed by atoms with E-state index in [0.717, 1.165) is 5.56 Å². The Labute approximate surface area is 120 Å². The van der Waals surface area contributed by atoms with Crippen molar-refractivity contribution in [1.82, 2.24) is 0 Å². The highest BCUT2D eigenvalue weighted by atomic mass is 35.5. The summed E-state index contributed by atoms with van der Waals surface area (Å²) >= 11 is 11.5. The molecule has 0 unspecified atom stereocenters. The minimum atomic E-state index is -0.621. The van der Waals surface area contributed by atoms with Gasteiger partial charge in [0, 0.05) is 11.6 Å². The van der Waals surface area contributed by atoms with Gasteiger partial charge < -0.3 is 5.32 Å². The minimum absolute atomic E-state index is 0.0953. The molecule has 0 aliphatic rings. The molecule has 0 heterocycles. The van der Waals surface area contributed by atoms with Gasteiger partial charge in [-0.05, 0) is 29.8 Å². The predicted octanol–water partition coefficient (Wildman–Crippen LogP) is 4.47. The van der Waals surface area contributed by atoms with Crippen molar-refractivity contribution in [2.75, 3.05) is 5.32 Å². The lowest BCUT2D eigenvalue weighted by atomic mass is 10.2. The van der Waals surface area contributed by atoms with Crippen LogP contribution in [0.1, 0.15) is 15.9 Å². The lowest BCUT2D eigenvalue weighted by Crippen LogP contribution is -2.13. The zero-order chi connectivity index (χ0) is 13.8. The summed E-state index contributed by atoms with van der Waals surface area (Å²) in [5.41, 5.74) is 1.56. The van der Waals surface area contributed by atoms with Gasteiger partial charge in [-0.25, -0.2) is 4.39 Å². The van der Waals surface area contributed by atoms with Crippen LogP contribution >= 0.6 is 23.2 Å². The third-order valence-electron chi connectivity index (χ3n) is 2.54. The molecule has 0 saturated heterocycles. The summed E-state index contributed by atoms with van der Waals surface area (Å²) in [7, 11) is 0. The first-order chi connectivity index (χ1) is 9.11. The number of carbonyl (C=O) groups is 1. The summed E-state index contributed by atoms with van der Waals surface area (Å²) in [5, 5.41) is 2.47. The summed E-state index contributed by atoms with van der Waals surface area (Å²) in [6.45, 7) is 0. The van der Waals surface area contributed by atoms with Crippen LogP contribution in [0.2, 0.25) is 5.02 Å². The molecule has 0 aromatic heterocycles. The van der Waals surface area contributed by atoms with Gasteiger partial charge in [0.2, 0.25) is 0 Å². The molecule has 98 valence electrons. The Bertz CT molecular complexity index is 616. The largest absolute Gasteiger partial charge is 0.322 e. The van der Waals surface area contributed by atoms with Gasteiger partial charge in [0.05, 0.1) is 10.6 Å². The van der Waals surface area contributed by atoms with E-state index in [-0.39, 0.29) is 10.6 Å². The van der Waals surface area contributed by atoms with E-state index >= 15 is 0 Å². The molecule has 0 saturated carbocycles. The van der Waals surface area contributed by atoms with Crippen LogP contribution in [0.4, 0.5) is 10.1 Å². The number of halogens is 3. The third kappa shape index (κ3) is 3.25. The minimum Gasteiger partial charge on any atom is -0.322 e. The summed E-state index contributed by atoms with van der Waals surface area (Å²) in [6.07, 6.45) is 0. The van der Waals surface area contributed by atoms with Crippen LogP contribution in [0.25, 0.3) is 0 Å². The van der Waals surface area contributed by atoms with Crippen molar-refractivity contribution in [3.8, 4) is 0 Å². The lowest BCUT2D eigenvalue weighted by Gasteiger charge is -2.08. The van der Waals surface area contributed by atoms with E-state index in [0.29, 0.717) is 11.6 Å². The van der Waals surface area contributed by atoms with Crippen molar-refractivity contribution >= 4 is 34.8 Å². The summed E-state index contributed by atoms with van der Waals surface area (Å²) in [6, 6.07) is 11.2. The second-order valence-electron chi connectivity index (χ2n) is 3.89. The molecule has 0 aliphatic heterocycles. The number of anilines is 1. The second-order valence-corrected chi connectivity index (χ2v) is 4.53. The van der Waals surface area contributed by atoms with E-state index in [4.69, 9.17) is 23.2 Å². The standard InChI is InChI=1S/C14H10Cl2FNO/c15-8-9-3-1-4-10(7-9)18-14(19)11-5-2-6-12(17)13(11)16/h1-7H,8H2,(H,18,19). The molecule has 2 aromatic carbocycles. The maximum atomic E-state index is 13.3. The Morgan fingerprint density at radius 1 is 1.21 bits per heavy atom. The van der Waals surface area contributed by atoms with Gasteiger partial charge >= 0.3 is 0 Å². The van der Waals surface area contributed by atoms with Crippen molar-refractivity contribution in [3.63, 3.8) is 0 Å². The van der Waals surface area contributed by atoms with Gasteiger partial charge in [0.25, 0.3) is 5.91 Å². The molecule has 19 heavy (non-hydrogen) atoms. The molecule has 0 aliphatic carbocycles. The van der Waals surface area contributed by atoms with Gasteiger partial charge in [0.15, 0.2) is 0 Å². The molecular weight excluding hydrogens is 288 g/mol. The number of carbonyl (C=O) groups excluding carboxylic acids is 1. The molecule has 0 radical (unpaired) electrons. The van der Waals surface area contributed by atoms with Crippen molar-refractivity contribution in [1.29, 1.82) is 0 Å². The summed E-state index contributed by atoms with van der Waals surface area (Å²) < 4.78 is 13.3. The molecule has 1 amide bonds. The predicted molar refractivity (Wildman–Crippen MR) is 75.4 cm³/mol. The molecule has 2 aromatic rings. The average molecular weight is 298 g/mol. The van der Waals surface area contributed by atoms with Gasteiger partial charge in [-0.3, -0.25) is 4.79 Å². The lowest BCUT2D eigenvalue weighted by molar-refractivity contribution is 0.102. The molecule has 5 heteroatoms. The SMILES string of the molecule is O=C(Nc1cccc(CCl)c1)c1cccc(F)c1Cl. The van der Waals surface area contributed by atoms with Crippen LogP contribution < -0.4 is 5.32 Å². The number of rotatable bonds is 3. The highest BCUT2D eigenvalue weighted by molar-refractivity contribution is 6.34. The van der Waals surface area contributed by atoms with Gasteiger partial charge in [0.1, 0.15) is 5.82 Å². The van der Waals surface area contributed by atoms with E-state index in [2.05, 4.69) is 5.32 Å². The molecule has 2 rings (SSSR count). The normalized spacial score (nSPS) is 10.3. The molecule has 0 spiro atoms. The van der Waals surface area contributed by atoms with E-state index in [9.17, 15) is 9.18 Å². The summed E-state index contributed by atoms with van der Waals surface area (Å²) in [4.78, 5) is 12.0. The smallest absolute Gasteiger partial charge is 0.257 e. The fourth-order valence-corrected chi connectivity index (χ4v) is 1.99. The van der Waals surface area contributed by atoms with E-state index in [1.165, 1.54) is 18.2 Å². The Balaban J connectivity index is 2.23. The fourth-order valence-electron chi connectivity index (χ4n) is 1.61. The van der Waals surface area contributed by atoms with Crippen LogP contribution in [-0.4, -0.2) is 5.91 Å². The van der Waals surface area contributed by atoms with Crippen molar-refractivity contribution in [2.24, 2.45) is 0 Å². The number of nitrogens with one attached hydrogen (secondary N) is 1. The number of hydrogen-bond donors (Lipinski definition) is 1. The molecule has 0 atom stereocenters. The van der Waals surface area contributed by atoms with Crippen LogP contribution in [0.3, 0.4) is 0 Å². The van der Waals surface area contributed by atoms with Crippen LogP contribution in [0.15, 0.2) is 42.5 Å². The number of alkyl halides is 1. The van der Waals surface area contributed by atoms with E-state index < -0.39 is 11.7 Å². The first-order valence-electron chi connectivity index (χ1n) is 5.52. The van der Waals surface area contributed by atoms with Crippen LogP contribution in [-0.2, 0) is 5.88 Å². The molecule has 2 nitrogen and oxygen atoms in total. The fraction of sp³-hybridized carbons (Fsp3) is 0.0714. The summed E-state index contributed by atoms with van der Waals surface area (Å²) in [5.74, 6) is -0.732. The monoisotopic (exact) mass is 297 g/mol. The maximum absolute atomic E-state index is 13.3. The number of amides is 1. The number of benzene rings is 2. The average Bonchev–Trinajstić information content (AvgIpc) is 2.42. The zero-order valence-corrected chi connectivity index (χ0v) is 11.3. The molecular formula is C14H10Cl2FNO. The van der Waals surface area contributed by atoms with Crippen LogP contribution in [0.5, 0.6) is 0 Å². The first kappa shape index (κ1) is 13.8. The third-order valence-corrected chi connectivity index (χ3v) is 3.23. The van der Waals surface area contributed by atoms with Crippen molar-refractivity contribution in [3.05, 3.63) is 64.4 Å². The van der Waals surface area contributed by atoms with Crippen molar-refractivity contribution < 1.29 is 9.18 Å². The van der Waals surface area contributed by atoms with Crippen LogP contribution in [0, 0.1) is 5.82 Å². The topological polar surface area (TPSA) is 29.1 Å². The van der Waals surface area contributed by atoms with Gasteiger partial charge in [-0.15, -0.1) is 11.6 Å². The van der Waals surface area contributed by atoms with Gasteiger partial charge in [-0.2, -0.15) is 0 Å². The Hall–Kier alpha value is -1.58. The second kappa shape index (κ2) is 6.04. The Morgan fingerprint density at radius 3 is 2.68 bits per heavy atom. The van der Waals surface area contributed by atoms with Crippen molar-refractivity contribution in [2.45, 2.75) is 5.88 Å². The number of hydrogen-bond acceptors (Lipinski definition) is 1. The molecule has 0 bridgehead atoms. The molecule has 1 N–H and O–H groups in total. The van der Waals surface area contributed by atoms with E-state index in [1.807, 2.05) is 6.07 Å². The quantitative estimate of drug-likeness (QED) is 0.832. The maximum Gasteiger partial charge on any atom is 0.257 e. The highest BCUT2D eigenvalue weighted by Gasteiger charge is 2.13. The first-order valence-corrected chi connectivity index (χ1v) is 6.43. The van der Waals surface area contributed by atoms with E-state index in [1.54, 1.807) is 18.2 Å². The van der Waals surface area contributed by atoms with Gasteiger partial charge in [-0.1, -0.05) is 29.8 Å². The highest BCUT2D eigenvalue weighted by Crippen LogP contribution is 2.21. The zero-order valence-electron chi connectivity index (χ0n) is 9.79.